The standard InChI is InChI=1S/C15H14N2.ClH/c1-3-8-14(9-4-1)16-12-7-13-17-15-10-5-2-6-11-15;/h1-13,16H;1H/b12-7-,17-13+;. The summed E-state index contributed by atoms with van der Waals surface area (Å²) in [4.78, 5) is 4.29. The number of nitrogens with zero attached hydrogens (tertiary/aromatic N) is 1. The van der Waals surface area contributed by atoms with Crippen LogP contribution in [-0.2, 0) is 0 Å². The molecule has 0 fully saturated rings. The van der Waals surface area contributed by atoms with Gasteiger partial charge in [-0.25, -0.2) is 0 Å². The normalized spacial score (nSPS) is 10.4. The van der Waals surface area contributed by atoms with Crippen LogP contribution in [-0.4, -0.2) is 6.21 Å². The Morgan fingerprint density at radius 1 is 0.833 bits per heavy atom. The van der Waals surface area contributed by atoms with Gasteiger partial charge in [-0.2, -0.15) is 0 Å². The number of para-hydroxylation sites is 2. The first-order valence-electron chi connectivity index (χ1n) is 5.51. The molecule has 0 saturated carbocycles. The summed E-state index contributed by atoms with van der Waals surface area (Å²) in [5.41, 5.74) is 2.02. The lowest BCUT2D eigenvalue weighted by atomic mass is 10.3. The van der Waals surface area contributed by atoms with Gasteiger partial charge in [-0.3, -0.25) is 4.99 Å². The first kappa shape index (κ1) is 14.0. The average Bonchev–Trinajstić information content (AvgIpc) is 2.41. The second-order valence-electron chi connectivity index (χ2n) is 3.48. The highest BCUT2D eigenvalue weighted by molar-refractivity contribution is 5.85. The lowest BCUT2D eigenvalue weighted by Crippen LogP contribution is -1.85. The molecule has 0 aliphatic carbocycles. The van der Waals surface area contributed by atoms with Gasteiger partial charge in [-0.1, -0.05) is 36.4 Å². The van der Waals surface area contributed by atoms with Crippen LogP contribution in [0.25, 0.3) is 0 Å². The number of hydrogen-bond acceptors (Lipinski definition) is 2. The molecule has 2 aromatic rings. The van der Waals surface area contributed by atoms with E-state index in [0.29, 0.717) is 0 Å². The van der Waals surface area contributed by atoms with Crippen LogP contribution < -0.4 is 5.32 Å². The van der Waals surface area contributed by atoms with E-state index in [4.69, 9.17) is 0 Å². The van der Waals surface area contributed by atoms with Crippen molar-refractivity contribution in [3.63, 3.8) is 0 Å². The Morgan fingerprint density at radius 2 is 1.44 bits per heavy atom. The maximum atomic E-state index is 4.29. The topological polar surface area (TPSA) is 24.4 Å². The Hall–Kier alpha value is -2.06. The van der Waals surface area contributed by atoms with Gasteiger partial charge in [0.1, 0.15) is 0 Å². The van der Waals surface area contributed by atoms with E-state index < -0.39 is 0 Å². The van der Waals surface area contributed by atoms with Crippen LogP contribution in [0.4, 0.5) is 11.4 Å². The van der Waals surface area contributed by atoms with E-state index in [1.54, 1.807) is 6.21 Å². The fraction of sp³-hybridized carbons (Fsp3) is 0. The molecule has 2 aromatic carbocycles. The molecule has 0 bridgehead atoms. The van der Waals surface area contributed by atoms with Crippen LogP contribution >= 0.6 is 12.4 Å². The van der Waals surface area contributed by atoms with Crippen molar-refractivity contribution in [2.45, 2.75) is 0 Å². The largest absolute Gasteiger partial charge is 0.362 e. The fourth-order valence-electron chi connectivity index (χ4n) is 1.36. The van der Waals surface area contributed by atoms with Gasteiger partial charge in [0.25, 0.3) is 0 Å². The predicted octanol–water partition coefficient (Wildman–Crippen LogP) is 4.44. The van der Waals surface area contributed by atoms with Gasteiger partial charge in [0.05, 0.1) is 5.69 Å². The maximum Gasteiger partial charge on any atom is 0.0629 e. The summed E-state index contributed by atoms with van der Waals surface area (Å²) in [6, 6.07) is 19.9. The van der Waals surface area contributed by atoms with Crippen molar-refractivity contribution in [3.05, 3.63) is 72.9 Å². The second-order valence-corrected chi connectivity index (χ2v) is 3.48. The highest BCUT2D eigenvalue weighted by Crippen LogP contribution is 2.08. The van der Waals surface area contributed by atoms with Crippen molar-refractivity contribution < 1.29 is 0 Å². The summed E-state index contributed by atoms with van der Waals surface area (Å²) >= 11 is 0. The number of allylic oxidation sites excluding steroid dienone is 1. The van der Waals surface area contributed by atoms with Gasteiger partial charge in [0.15, 0.2) is 0 Å². The summed E-state index contributed by atoms with van der Waals surface area (Å²) in [7, 11) is 0. The van der Waals surface area contributed by atoms with Crippen molar-refractivity contribution in [3.8, 4) is 0 Å². The third-order valence-corrected chi connectivity index (χ3v) is 2.19. The van der Waals surface area contributed by atoms with E-state index in [0.717, 1.165) is 11.4 Å². The molecule has 0 aromatic heterocycles. The van der Waals surface area contributed by atoms with E-state index in [1.807, 2.05) is 72.9 Å². The van der Waals surface area contributed by atoms with Crippen molar-refractivity contribution in [1.29, 1.82) is 0 Å². The Labute approximate surface area is 113 Å². The predicted molar refractivity (Wildman–Crippen MR) is 81.0 cm³/mol. The Kier molecular flexibility index (Phi) is 6.30. The number of halogens is 1. The van der Waals surface area contributed by atoms with Gasteiger partial charge in [-0.15, -0.1) is 12.4 Å². The summed E-state index contributed by atoms with van der Waals surface area (Å²) < 4.78 is 0. The highest BCUT2D eigenvalue weighted by atomic mass is 35.5. The maximum absolute atomic E-state index is 4.29. The molecular formula is C15H15ClN2. The number of rotatable bonds is 4. The van der Waals surface area contributed by atoms with Crippen LogP contribution in [0.3, 0.4) is 0 Å². The summed E-state index contributed by atoms with van der Waals surface area (Å²) in [5.74, 6) is 0. The van der Waals surface area contributed by atoms with Crippen molar-refractivity contribution in [2.75, 3.05) is 5.32 Å². The molecular weight excluding hydrogens is 244 g/mol. The van der Waals surface area contributed by atoms with Crippen LogP contribution in [0.15, 0.2) is 77.9 Å². The van der Waals surface area contributed by atoms with E-state index >= 15 is 0 Å². The fourth-order valence-corrected chi connectivity index (χ4v) is 1.36. The molecule has 0 spiro atoms. The third-order valence-electron chi connectivity index (χ3n) is 2.19. The van der Waals surface area contributed by atoms with Gasteiger partial charge in [0.2, 0.25) is 0 Å². The monoisotopic (exact) mass is 258 g/mol. The zero-order valence-electron chi connectivity index (χ0n) is 9.86. The van der Waals surface area contributed by atoms with Crippen LogP contribution in [0, 0.1) is 0 Å². The molecule has 0 aliphatic rings. The SMILES string of the molecule is C(=C/Nc1ccccc1)/C=N/c1ccccc1.Cl. The van der Waals surface area contributed by atoms with Crippen molar-refractivity contribution in [2.24, 2.45) is 4.99 Å². The zero-order valence-corrected chi connectivity index (χ0v) is 10.7. The minimum Gasteiger partial charge on any atom is -0.362 e. The molecule has 2 rings (SSSR count). The minimum absolute atomic E-state index is 0. The first-order chi connectivity index (χ1) is 8.45. The number of nitrogens with one attached hydrogen (secondary N) is 1. The number of hydrogen-bond donors (Lipinski definition) is 1. The van der Waals surface area contributed by atoms with Gasteiger partial charge >= 0.3 is 0 Å². The van der Waals surface area contributed by atoms with E-state index in [9.17, 15) is 0 Å². The molecule has 0 radical (unpaired) electrons. The van der Waals surface area contributed by atoms with Gasteiger partial charge in [-0.05, 0) is 30.3 Å². The Bertz CT molecular complexity index is 492. The number of anilines is 1. The Balaban J connectivity index is 0.00000162. The van der Waals surface area contributed by atoms with E-state index in [2.05, 4.69) is 10.3 Å². The number of aliphatic imine (C=N–C) groups is 1. The van der Waals surface area contributed by atoms with E-state index in [-0.39, 0.29) is 12.4 Å². The van der Waals surface area contributed by atoms with Crippen molar-refractivity contribution >= 4 is 30.0 Å². The highest BCUT2D eigenvalue weighted by Gasteiger charge is 1.83. The molecule has 0 heterocycles. The van der Waals surface area contributed by atoms with Crippen molar-refractivity contribution in [1.82, 2.24) is 0 Å². The molecule has 0 unspecified atom stereocenters. The molecule has 0 saturated heterocycles. The Morgan fingerprint density at radius 3 is 2.11 bits per heavy atom. The lowest BCUT2D eigenvalue weighted by Gasteiger charge is -1.97. The zero-order chi connectivity index (χ0) is 11.8. The molecule has 0 aliphatic heterocycles. The smallest absolute Gasteiger partial charge is 0.0629 e. The van der Waals surface area contributed by atoms with Crippen LogP contribution in [0.2, 0.25) is 0 Å². The summed E-state index contributed by atoms with van der Waals surface area (Å²) in [6.45, 7) is 0. The molecule has 18 heavy (non-hydrogen) atoms. The quantitative estimate of drug-likeness (QED) is 0.806. The first-order valence-corrected chi connectivity index (χ1v) is 5.51. The average molecular weight is 259 g/mol. The molecule has 3 heteroatoms. The van der Waals surface area contributed by atoms with E-state index in [1.165, 1.54) is 0 Å². The molecule has 92 valence electrons. The number of benzene rings is 2. The van der Waals surface area contributed by atoms with Crippen LogP contribution in [0.5, 0.6) is 0 Å². The summed E-state index contributed by atoms with van der Waals surface area (Å²) in [5, 5.41) is 3.16. The minimum atomic E-state index is 0. The molecule has 0 amide bonds. The molecule has 1 N–H and O–H groups in total. The van der Waals surface area contributed by atoms with Crippen LogP contribution in [0.1, 0.15) is 0 Å². The third kappa shape index (κ3) is 4.85. The second kappa shape index (κ2) is 8.09. The summed E-state index contributed by atoms with van der Waals surface area (Å²) in [6.07, 6.45) is 5.51. The molecule has 0 atom stereocenters. The van der Waals surface area contributed by atoms with Gasteiger partial charge < -0.3 is 5.32 Å². The van der Waals surface area contributed by atoms with Gasteiger partial charge in [0, 0.05) is 18.1 Å². The lowest BCUT2D eigenvalue weighted by molar-refractivity contribution is 1.54. The molecule has 2 nitrogen and oxygen atoms in total.